The number of aromatic nitrogens is 1. The summed E-state index contributed by atoms with van der Waals surface area (Å²) < 4.78 is 0. The van der Waals surface area contributed by atoms with Crippen LogP contribution in [0.2, 0.25) is 0 Å². The lowest BCUT2D eigenvalue weighted by atomic mass is 10.0. The fraction of sp³-hybridized carbons (Fsp3) is 0.571. The molecule has 1 aromatic heterocycles. The number of hydrogen-bond acceptors (Lipinski definition) is 4. The van der Waals surface area contributed by atoms with Crippen LogP contribution in [0, 0.1) is 19.8 Å². The molecule has 2 unspecified atom stereocenters. The molecular weight excluding hydrogens is 244 g/mol. The van der Waals surface area contributed by atoms with Gasteiger partial charge in [-0.25, -0.2) is 9.78 Å². The van der Waals surface area contributed by atoms with Gasteiger partial charge in [0.1, 0.15) is 11.4 Å². The molecule has 2 N–H and O–H groups in total. The quantitative estimate of drug-likeness (QED) is 0.867. The molecule has 0 saturated carbocycles. The van der Waals surface area contributed by atoms with E-state index >= 15 is 0 Å². The second kappa shape index (κ2) is 5.17. The molecule has 1 aromatic rings. The van der Waals surface area contributed by atoms with Gasteiger partial charge in [-0.3, -0.25) is 0 Å². The summed E-state index contributed by atoms with van der Waals surface area (Å²) in [4.78, 5) is 17.8. The van der Waals surface area contributed by atoms with Crippen molar-refractivity contribution in [1.82, 2.24) is 4.98 Å². The summed E-state index contributed by atoms with van der Waals surface area (Å²) in [6.45, 7) is 6.48. The van der Waals surface area contributed by atoms with Gasteiger partial charge in [-0.1, -0.05) is 6.92 Å². The van der Waals surface area contributed by atoms with Gasteiger partial charge in [0.2, 0.25) is 0 Å². The number of rotatable bonds is 3. The zero-order valence-electron chi connectivity index (χ0n) is 11.6. The van der Waals surface area contributed by atoms with E-state index in [4.69, 9.17) is 0 Å². The first kappa shape index (κ1) is 13.8. The summed E-state index contributed by atoms with van der Waals surface area (Å²) in [7, 11) is 0. The highest BCUT2D eigenvalue weighted by Crippen LogP contribution is 2.32. The minimum atomic E-state index is -0.962. The number of nitrogens with zero attached hydrogens (tertiary/aromatic N) is 2. The Morgan fingerprint density at radius 1 is 1.53 bits per heavy atom. The summed E-state index contributed by atoms with van der Waals surface area (Å²) in [6, 6.07) is 1.73. The SMILES string of the molecule is Cc1cc(C)c(C(=O)O)c(N2CCC(C)C2CO)n1. The van der Waals surface area contributed by atoms with Gasteiger partial charge in [-0.15, -0.1) is 0 Å². The van der Waals surface area contributed by atoms with Crippen LogP contribution in [0.15, 0.2) is 6.07 Å². The third kappa shape index (κ3) is 2.42. The maximum absolute atomic E-state index is 11.5. The molecule has 0 aromatic carbocycles. The fourth-order valence-corrected chi connectivity index (χ4v) is 2.84. The zero-order chi connectivity index (χ0) is 14.2. The Kier molecular flexibility index (Phi) is 3.75. The number of aliphatic hydroxyl groups is 1. The van der Waals surface area contributed by atoms with Crippen LogP contribution in [0.3, 0.4) is 0 Å². The second-order valence-electron chi connectivity index (χ2n) is 5.29. The minimum absolute atomic E-state index is 0.0227. The van der Waals surface area contributed by atoms with Crippen molar-refractivity contribution in [2.24, 2.45) is 5.92 Å². The molecule has 0 amide bonds. The van der Waals surface area contributed by atoms with Crippen molar-refractivity contribution in [1.29, 1.82) is 0 Å². The molecule has 2 heterocycles. The molecule has 5 nitrogen and oxygen atoms in total. The van der Waals surface area contributed by atoms with E-state index in [2.05, 4.69) is 11.9 Å². The first-order chi connectivity index (χ1) is 8.95. The van der Waals surface area contributed by atoms with Crippen molar-refractivity contribution >= 4 is 11.8 Å². The molecule has 19 heavy (non-hydrogen) atoms. The first-order valence-corrected chi connectivity index (χ1v) is 6.54. The Labute approximate surface area is 112 Å². The van der Waals surface area contributed by atoms with Gasteiger partial charge in [-0.05, 0) is 37.8 Å². The van der Waals surface area contributed by atoms with Crippen LogP contribution >= 0.6 is 0 Å². The second-order valence-corrected chi connectivity index (χ2v) is 5.29. The standard InChI is InChI=1S/C14H20N2O3/c1-8-4-5-16(11(8)7-17)13-12(14(18)19)9(2)6-10(3)15-13/h6,8,11,17H,4-5,7H2,1-3H3,(H,18,19). The van der Waals surface area contributed by atoms with Gasteiger partial charge < -0.3 is 15.1 Å². The third-order valence-electron chi connectivity index (χ3n) is 3.88. The van der Waals surface area contributed by atoms with Crippen molar-refractivity contribution in [2.75, 3.05) is 18.1 Å². The number of carboxylic acids is 1. The number of carbonyl (C=O) groups is 1. The highest BCUT2D eigenvalue weighted by molar-refractivity contribution is 5.95. The maximum Gasteiger partial charge on any atom is 0.339 e. The minimum Gasteiger partial charge on any atom is -0.478 e. The monoisotopic (exact) mass is 264 g/mol. The molecule has 0 spiro atoms. The summed E-state index contributed by atoms with van der Waals surface area (Å²) >= 11 is 0. The average Bonchev–Trinajstić information content (AvgIpc) is 2.68. The lowest BCUT2D eigenvalue weighted by Crippen LogP contribution is -2.37. The molecule has 104 valence electrons. The van der Waals surface area contributed by atoms with E-state index in [0.717, 1.165) is 18.7 Å². The van der Waals surface area contributed by atoms with Crippen LogP contribution in [0.4, 0.5) is 5.82 Å². The summed E-state index contributed by atoms with van der Waals surface area (Å²) in [6.07, 6.45) is 0.943. The highest BCUT2D eigenvalue weighted by atomic mass is 16.4. The van der Waals surface area contributed by atoms with Crippen molar-refractivity contribution < 1.29 is 15.0 Å². The van der Waals surface area contributed by atoms with Crippen LogP contribution in [0.1, 0.15) is 35.0 Å². The van der Waals surface area contributed by atoms with Gasteiger partial charge >= 0.3 is 5.97 Å². The van der Waals surface area contributed by atoms with E-state index in [9.17, 15) is 15.0 Å². The Balaban J connectivity index is 2.52. The van der Waals surface area contributed by atoms with Crippen LogP contribution < -0.4 is 4.90 Å². The van der Waals surface area contributed by atoms with Crippen molar-refractivity contribution in [3.8, 4) is 0 Å². The van der Waals surface area contributed by atoms with Gasteiger partial charge in [0.25, 0.3) is 0 Å². The number of pyridine rings is 1. The molecule has 0 radical (unpaired) electrons. The molecule has 1 saturated heterocycles. The van der Waals surface area contributed by atoms with E-state index in [0.29, 0.717) is 17.3 Å². The number of hydrogen-bond donors (Lipinski definition) is 2. The topological polar surface area (TPSA) is 73.7 Å². The lowest BCUT2D eigenvalue weighted by molar-refractivity contribution is 0.0696. The predicted molar refractivity (Wildman–Crippen MR) is 72.7 cm³/mol. The number of anilines is 1. The van der Waals surface area contributed by atoms with Gasteiger partial charge in [0, 0.05) is 12.2 Å². The van der Waals surface area contributed by atoms with E-state index in [1.807, 2.05) is 11.8 Å². The molecule has 5 heteroatoms. The van der Waals surface area contributed by atoms with Gasteiger partial charge in [0.15, 0.2) is 0 Å². The molecule has 1 fully saturated rings. The number of aryl methyl sites for hydroxylation is 2. The summed E-state index contributed by atoms with van der Waals surface area (Å²) in [5, 5.41) is 18.9. The maximum atomic E-state index is 11.5. The molecule has 2 atom stereocenters. The molecule has 0 aliphatic carbocycles. The van der Waals surface area contributed by atoms with Crippen LogP contribution in [0.5, 0.6) is 0 Å². The third-order valence-corrected chi connectivity index (χ3v) is 3.88. The van der Waals surface area contributed by atoms with Crippen LogP contribution in [0.25, 0.3) is 0 Å². The largest absolute Gasteiger partial charge is 0.478 e. The molecule has 1 aliphatic rings. The van der Waals surface area contributed by atoms with Crippen LogP contribution in [-0.2, 0) is 0 Å². The van der Waals surface area contributed by atoms with Crippen molar-refractivity contribution in [3.63, 3.8) is 0 Å². The lowest BCUT2D eigenvalue weighted by Gasteiger charge is -2.28. The number of aromatic carboxylic acids is 1. The number of carboxylic acid groups (broad SMARTS) is 1. The average molecular weight is 264 g/mol. The van der Waals surface area contributed by atoms with E-state index < -0.39 is 5.97 Å². The predicted octanol–water partition coefficient (Wildman–Crippen LogP) is 1.60. The van der Waals surface area contributed by atoms with E-state index in [1.165, 1.54) is 0 Å². The first-order valence-electron chi connectivity index (χ1n) is 6.54. The molecule has 2 rings (SSSR count). The van der Waals surface area contributed by atoms with Gasteiger partial charge in [0.05, 0.1) is 12.6 Å². The van der Waals surface area contributed by atoms with Crippen LogP contribution in [-0.4, -0.2) is 40.4 Å². The summed E-state index contributed by atoms with van der Waals surface area (Å²) in [5.74, 6) is -0.126. The molecular formula is C14H20N2O3. The summed E-state index contributed by atoms with van der Waals surface area (Å²) in [5.41, 5.74) is 1.76. The Hall–Kier alpha value is -1.62. The number of aliphatic hydroxyl groups excluding tert-OH is 1. The molecule has 0 bridgehead atoms. The highest BCUT2D eigenvalue weighted by Gasteiger charge is 2.34. The van der Waals surface area contributed by atoms with Crippen molar-refractivity contribution in [2.45, 2.75) is 33.2 Å². The smallest absolute Gasteiger partial charge is 0.339 e. The molecule has 1 aliphatic heterocycles. The zero-order valence-corrected chi connectivity index (χ0v) is 11.6. The fourth-order valence-electron chi connectivity index (χ4n) is 2.84. The van der Waals surface area contributed by atoms with Crippen molar-refractivity contribution in [3.05, 3.63) is 22.9 Å². The Morgan fingerprint density at radius 2 is 2.21 bits per heavy atom. The van der Waals surface area contributed by atoms with Gasteiger partial charge in [-0.2, -0.15) is 0 Å². The van der Waals surface area contributed by atoms with E-state index in [-0.39, 0.29) is 18.2 Å². The Morgan fingerprint density at radius 3 is 2.79 bits per heavy atom. The van der Waals surface area contributed by atoms with E-state index in [1.54, 1.807) is 13.0 Å². The normalized spacial score (nSPS) is 22.8. The Bertz CT molecular complexity index is 502.